The zero-order valence-corrected chi connectivity index (χ0v) is 21.0. The standard InChI is InChI=1S/C22H17O2S.C6BF8/c23-25(21-11-3-1-4-12-21,22-13-5-2-6-14-22)24-20-16-15-18-9-7-8-10-19(18)17-20;8-2-1(7(13,14)15)3(9)5(11)6(12)4(2)10/h1-17H;/q+1;-1. The molecule has 0 amide bonds. The fourth-order valence-corrected chi connectivity index (χ4v) is 5.57. The van der Waals surface area contributed by atoms with Crippen molar-refractivity contribution < 1.29 is 43.3 Å². The van der Waals surface area contributed by atoms with Crippen LogP contribution in [0.15, 0.2) is 113 Å². The van der Waals surface area contributed by atoms with Gasteiger partial charge in [0.15, 0.2) is 23.2 Å². The molecule has 0 aromatic heterocycles. The Balaban J connectivity index is 0.000000212. The van der Waals surface area contributed by atoms with Crippen LogP contribution in [0.25, 0.3) is 10.8 Å². The number of hydrogen-bond acceptors (Lipinski definition) is 2. The molecule has 0 unspecified atom stereocenters. The summed E-state index contributed by atoms with van der Waals surface area (Å²) in [5.41, 5.74) is -2.73. The van der Waals surface area contributed by atoms with Crippen LogP contribution in [0.2, 0.25) is 0 Å². The molecule has 2 nitrogen and oxygen atoms in total. The average molecular weight is 580 g/mol. The van der Waals surface area contributed by atoms with Gasteiger partial charge in [-0.05, 0) is 56.8 Å². The largest absolute Gasteiger partial charge is 0.515 e. The summed E-state index contributed by atoms with van der Waals surface area (Å²) in [6.07, 6.45) is 0. The van der Waals surface area contributed by atoms with E-state index in [0.717, 1.165) is 10.8 Å². The van der Waals surface area contributed by atoms with Crippen molar-refractivity contribution in [2.75, 3.05) is 0 Å². The van der Waals surface area contributed by atoms with Gasteiger partial charge >= 0.3 is 17.2 Å². The summed E-state index contributed by atoms with van der Waals surface area (Å²) in [6, 6.07) is 32.5. The van der Waals surface area contributed by atoms with Gasteiger partial charge in [0, 0.05) is 0 Å². The van der Waals surface area contributed by atoms with Crippen molar-refractivity contribution in [1.82, 2.24) is 0 Å². The molecular weight excluding hydrogens is 563 g/mol. The average Bonchev–Trinajstić information content (AvgIpc) is 2.95. The monoisotopic (exact) mass is 580 g/mol. The Kier molecular flexibility index (Phi) is 8.29. The number of benzene rings is 5. The van der Waals surface area contributed by atoms with Gasteiger partial charge in [0.2, 0.25) is 9.79 Å². The van der Waals surface area contributed by atoms with Crippen LogP contribution in [-0.2, 0) is 14.4 Å². The lowest BCUT2D eigenvalue weighted by Gasteiger charge is -2.17. The molecule has 0 spiro atoms. The summed E-state index contributed by atoms with van der Waals surface area (Å²) in [4.78, 5) is 1.32. The molecule has 0 radical (unpaired) electrons. The molecule has 40 heavy (non-hydrogen) atoms. The van der Waals surface area contributed by atoms with Gasteiger partial charge in [0.25, 0.3) is 0 Å². The van der Waals surface area contributed by atoms with Crippen LogP contribution in [0.1, 0.15) is 0 Å². The van der Waals surface area contributed by atoms with Gasteiger partial charge in [-0.2, -0.15) is 0 Å². The molecular formula is C28H17BF8O2S. The molecule has 5 rings (SSSR count). The molecule has 0 aliphatic heterocycles. The van der Waals surface area contributed by atoms with Gasteiger partial charge in [-0.1, -0.05) is 66.7 Å². The molecule has 0 N–H and O–H groups in total. The second-order valence-electron chi connectivity index (χ2n) is 8.28. The predicted molar refractivity (Wildman–Crippen MR) is 137 cm³/mol. The Labute approximate surface area is 224 Å². The fraction of sp³-hybridized carbons (Fsp3) is 0. The van der Waals surface area contributed by atoms with E-state index in [1.165, 1.54) is 0 Å². The van der Waals surface area contributed by atoms with Crippen LogP contribution in [0.5, 0.6) is 5.75 Å². The smallest absolute Gasteiger partial charge is 0.445 e. The van der Waals surface area contributed by atoms with Crippen molar-refractivity contribution in [2.24, 2.45) is 0 Å². The Morgan fingerprint density at radius 1 is 0.525 bits per heavy atom. The zero-order valence-electron chi connectivity index (χ0n) is 20.1. The number of halogens is 8. The van der Waals surface area contributed by atoms with Crippen molar-refractivity contribution in [1.29, 1.82) is 0 Å². The highest BCUT2D eigenvalue weighted by molar-refractivity contribution is 7.99. The third kappa shape index (κ3) is 5.86. The quantitative estimate of drug-likeness (QED) is 0.0689. The molecule has 5 aromatic carbocycles. The fourth-order valence-electron chi connectivity index (χ4n) is 3.70. The maximum absolute atomic E-state index is 13.9. The maximum Gasteiger partial charge on any atom is 0.515 e. The first-order chi connectivity index (χ1) is 18.9. The van der Waals surface area contributed by atoms with Crippen molar-refractivity contribution in [3.63, 3.8) is 0 Å². The topological polar surface area (TPSA) is 26.3 Å². The van der Waals surface area contributed by atoms with E-state index in [4.69, 9.17) is 4.18 Å². The van der Waals surface area contributed by atoms with E-state index in [0.29, 0.717) is 15.5 Å². The van der Waals surface area contributed by atoms with Crippen LogP contribution in [0.4, 0.5) is 34.9 Å². The molecule has 0 saturated heterocycles. The minimum atomic E-state index is -6.30. The first kappa shape index (κ1) is 28.8. The molecule has 0 bridgehead atoms. The van der Waals surface area contributed by atoms with E-state index in [1.807, 2.05) is 103 Å². The molecule has 0 atom stereocenters. The molecule has 12 heteroatoms. The molecule has 206 valence electrons. The van der Waals surface area contributed by atoms with Gasteiger partial charge in [-0.3, -0.25) is 4.18 Å². The highest BCUT2D eigenvalue weighted by Gasteiger charge is 2.39. The third-order valence-electron chi connectivity index (χ3n) is 5.61. The normalized spacial score (nSPS) is 11.6. The lowest BCUT2D eigenvalue weighted by molar-refractivity contribution is 0.377. The van der Waals surface area contributed by atoms with E-state index >= 15 is 0 Å². The van der Waals surface area contributed by atoms with Crippen LogP contribution in [0.3, 0.4) is 0 Å². The van der Waals surface area contributed by atoms with E-state index in [1.54, 1.807) is 0 Å². The summed E-state index contributed by atoms with van der Waals surface area (Å²) in [5, 5.41) is 2.18. The van der Waals surface area contributed by atoms with E-state index in [2.05, 4.69) is 0 Å². The van der Waals surface area contributed by atoms with Crippen molar-refractivity contribution in [2.45, 2.75) is 9.79 Å². The highest BCUT2D eigenvalue weighted by Crippen LogP contribution is 2.33. The van der Waals surface area contributed by atoms with Crippen molar-refractivity contribution >= 4 is 33.4 Å². The number of rotatable bonds is 5. The lowest BCUT2D eigenvalue weighted by Crippen LogP contribution is -2.41. The second kappa shape index (κ2) is 11.5. The third-order valence-corrected chi connectivity index (χ3v) is 7.83. The van der Waals surface area contributed by atoms with Crippen molar-refractivity contribution in [3.8, 4) is 5.75 Å². The number of fused-ring (bicyclic) bond motifs is 1. The van der Waals surface area contributed by atoms with Gasteiger partial charge in [-0.25, -0.2) is 22.0 Å². The van der Waals surface area contributed by atoms with Gasteiger partial charge < -0.3 is 12.9 Å². The maximum atomic E-state index is 13.9. The molecule has 0 heterocycles. The predicted octanol–water partition coefficient (Wildman–Crippen LogP) is 8.19. The van der Waals surface area contributed by atoms with Crippen LogP contribution in [0, 0.1) is 29.1 Å². The number of hydrogen-bond donors (Lipinski definition) is 0. The molecule has 0 aliphatic carbocycles. The first-order valence-corrected chi connectivity index (χ1v) is 13.0. The summed E-state index contributed by atoms with van der Waals surface area (Å²) in [5.74, 6) is -13.0. The summed E-state index contributed by atoms with van der Waals surface area (Å²) in [7, 11) is -2.87. The van der Waals surface area contributed by atoms with E-state index < -0.39 is 51.7 Å². The molecule has 0 fully saturated rings. The zero-order chi connectivity index (χ0) is 29.1. The Morgan fingerprint density at radius 2 is 0.950 bits per heavy atom. The summed E-state index contributed by atoms with van der Waals surface area (Å²) in [6.45, 7) is -6.30. The summed E-state index contributed by atoms with van der Waals surface area (Å²) >= 11 is 0. The van der Waals surface area contributed by atoms with Crippen LogP contribution >= 0.6 is 0 Å². The van der Waals surface area contributed by atoms with Gasteiger partial charge in [0.05, 0.1) is 0 Å². The van der Waals surface area contributed by atoms with Crippen molar-refractivity contribution in [3.05, 3.63) is 132 Å². The first-order valence-electron chi connectivity index (χ1n) is 11.5. The van der Waals surface area contributed by atoms with Crippen LogP contribution < -0.4 is 9.65 Å². The molecule has 5 aromatic rings. The SMILES string of the molecule is Fc1c(F)c(F)c([B-](F)(F)F)c(F)c1F.O=[S+](Oc1ccc2ccccc2c1)(c1ccccc1)c1ccccc1. The Hall–Kier alpha value is -4.19. The molecule has 0 saturated carbocycles. The van der Waals surface area contributed by atoms with Crippen LogP contribution in [-0.4, -0.2) is 6.98 Å². The minimum Gasteiger partial charge on any atom is -0.445 e. The van der Waals surface area contributed by atoms with Gasteiger partial charge in [-0.15, -0.1) is 0 Å². The summed E-state index contributed by atoms with van der Waals surface area (Å²) < 4.78 is 118. The minimum absolute atomic E-state index is 0.594. The van der Waals surface area contributed by atoms with Gasteiger partial charge in [0.1, 0.15) is 11.6 Å². The Bertz CT molecular complexity index is 1620. The second-order valence-corrected chi connectivity index (χ2v) is 10.4. The lowest BCUT2D eigenvalue weighted by atomic mass is 9.79. The van der Waals surface area contributed by atoms with E-state index in [9.17, 15) is 39.1 Å². The van der Waals surface area contributed by atoms with E-state index in [-0.39, 0.29) is 0 Å². The molecule has 0 aliphatic rings. The Morgan fingerprint density at radius 3 is 1.43 bits per heavy atom. The highest BCUT2D eigenvalue weighted by atomic mass is 32.3.